The molecule has 6 heteroatoms. The van der Waals surface area contributed by atoms with Crippen molar-refractivity contribution in [1.29, 1.82) is 0 Å². The highest BCUT2D eigenvalue weighted by Gasteiger charge is 2.32. The predicted molar refractivity (Wildman–Crippen MR) is 71.3 cm³/mol. The molecule has 1 aromatic heterocycles. The molecule has 0 aliphatic carbocycles. The maximum Gasteiger partial charge on any atom is 0.329 e. The van der Waals surface area contributed by atoms with Gasteiger partial charge in [-0.3, -0.25) is 24.0 Å². The van der Waals surface area contributed by atoms with Crippen LogP contribution in [0.1, 0.15) is 24.4 Å². The molecule has 0 radical (unpaired) electrons. The molecule has 2 aromatic rings. The van der Waals surface area contributed by atoms with Crippen molar-refractivity contribution in [3.63, 3.8) is 0 Å². The number of hydrogen-bond donors (Lipinski definition) is 1. The van der Waals surface area contributed by atoms with Crippen LogP contribution in [0.3, 0.4) is 0 Å². The van der Waals surface area contributed by atoms with E-state index in [9.17, 15) is 14.4 Å². The zero-order valence-electron chi connectivity index (χ0n) is 10.8. The molecule has 4 rings (SSSR count). The number of aromatic nitrogens is 2. The lowest BCUT2D eigenvalue weighted by molar-refractivity contribution is -0.135. The molecule has 2 amide bonds. The SMILES string of the molecule is O=C1CCC(n2c(=O)n3c4c(cccc42)CC3)C(=O)N1. The Morgan fingerprint density at radius 1 is 1.15 bits per heavy atom. The van der Waals surface area contributed by atoms with Crippen molar-refractivity contribution in [3.05, 3.63) is 34.2 Å². The first-order valence-corrected chi connectivity index (χ1v) is 6.73. The zero-order chi connectivity index (χ0) is 13.9. The summed E-state index contributed by atoms with van der Waals surface area (Å²) in [6, 6.07) is 5.21. The first-order valence-electron chi connectivity index (χ1n) is 6.73. The third-order valence-corrected chi connectivity index (χ3v) is 4.19. The molecule has 0 bridgehead atoms. The normalized spacial score (nSPS) is 21.5. The number of carbonyl (C=O) groups is 2. The van der Waals surface area contributed by atoms with E-state index in [4.69, 9.17) is 0 Å². The second-order valence-electron chi connectivity index (χ2n) is 5.31. The van der Waals surface area contributed by atoms with Crippen LogP contribution in [0.4, 0.5) is 0 Å². The Bertz CT molecular complexity index is 815. The van der Waals surface area contributed by atoms with Gasteiger partial charge in [0, 0.05) is 13.0 Å². The van der Waals surface area contributed by atoms with Crippen molar-refractivity contribution >= 4 is 22.8 Å². The van der Waals surface area contributed by atoms with Gasteiger partial charge in [-0.25, -0.2) is 4.79 Å². The van der Waals surface area contributed by atoms with E-state index in [1.165, 1.54) is 0 Å². The van der Waals surface area contributed by atoms with Crippen molar-refractivity contribution in [2.75, 3.05) is 0 Å². The summed E-state index contributed by atoms with van der Waals surface area (Å²) in [7, 11) is 0. The number of imide groups is 1. The van der Waals surface area contributed by atoms with Crippen LogP contribution in [0.2, 0.25) is 0 Å². The molecule has 1 unspecified atom stereocenters. The van der Waals surface area contributed by atoms with Crippen molar-refractivity contribution in [2.45, 2.75) is 31.8 Å². The fourth-order valence-corrected chi connectivity index (χ4v) is 3.28. The molecule has 1 N–H and O–H groups in total. The largest absolute Gasteiger partial charge is 0.329 e. The Kier molecular flexibility index (Phi) is 2.19. The Balaban J connectivity index is 1.96. The molecule has 1 fully saturated rings. The minimum absolute atomic E-state index is 0.153. The van der Waals surface area contributed by atoms with E-state index in [1.807, 2.05) is 18.2 Å². The van der Waals surface area contributed by atoms with E-state index < -0.39 is 6.04 Å². The quantitative estimate of drug-likeness (QED) is 0.760. The van der Waals surface area contributed by atoms with Gasteiger partial charge in [0.15, 0.2) is 0 Å². The fraction of sp³-hybridized carbons (Fsp3) is 0.357. The van der Waals surface area contributed by atoms with Gasteiger partial charge in [-0.15, -0.1) is 0 Å². The molecular weight excluding hydrogens is 258 g/mol. The van der Waals surface area contributed by atoms with Crippen LogP contribution in [0.25, 0.3) is 11.0 Å². The predicted octanol–water partition coefficient (Wildman–Crippen LogP) is 0.337. The molecule has 1 atom stereocenters. The van der Waals surface area contributed by atoms with Gasteiger partial charge in [-0.2, -0.15) is 0 Å². The molecule has 1 saturated heterocycles. The number of para-hydroxylation sites is 1. The lowest BCUT2D eigenvalue weighted by Gasteiger charge is -2.22. The van der Waals surface area contributed by atoms with Gasteiger partial charge in [0.05, 0.1) is 11.0 Å². The highest BCUT2D eigenvalue weighted by atomic mass is 16.2. The summed E-state index contributed by atoms with van der Waals surface area (Å²) in [5.74, 6) is -0.649. The smallest absolute Gasteiger partial charge is 0.295 e. The first kappa shape index (κ1) is 11.5. The number of imidazole rings is 1. The Hall–Kier alpha value is -2.37. The Morgan fingerprint density at radius 3 is 2.80 bits per heavy atom. The van der Waals surface area contributed by atoms with Crippen LogP contribution in [0, 0.1) is 0 Å². The second-order valence-corrected chi connectivity index (χ2v) is 5.31. The number of aryl methyl sites for hydroxylation is 2. The standard InChI is InChI=1S/C14H13N3O3/c18-11-5-4-10(13(19)15-11)17-9-3-1-2-8-6-7-16(12(8)9)14(17)20/h1-3,10H,4-7H2,(H,15,18,19). The minimum Gasteiger partial charge on any atom is -0.295 e. The molecule has 102 valence electrons. The molecule has 1 aromatic carbocycles. The average Bonchev–Trinajstić information content (AvgIpc) is 2.96. The average molecular weight is 271 g/mol. The summed E-state index contributed by atoms with van der Waals surface area (Å²) < 4.78 is 3.27. The van der Waals surface area contributed by atoms with E-state index in [0.717, 1.165) is 23.0 Å². The van der Waals surface area contributed by atoms with Crippen LogP contribution >= 0.6 is 0 Å². The number of rotatable bonds is 1. The monoisotopic (exact) mass is 271 g/mol. The lowest BCUT2D eigenvalue weighted by atomic mass is 10.1. The first-order chi connectivity index (χ1) is 9.66. The summed E-state index contributed by atoms with van der Waals surface area (Å²) in [4.78, 5) is 35.8. The van der Waals surface area contributed by atoms with E-state index in [-0.39, 0.29) is 23.9 Å². The maximum absolute atomic E-state index is 12.5. The number of hydrogen-bond acceptors (Lipinski definition) is 3. The van der Waals surface area contributed by atoms with Crippen molar-refractivity contribution in [1.82, 2.24) is 14.5 Å². The van der Waals surface area contributed by atoms with E-state index in [2.05, 4.69) is 5.32 Å². The highest BCUT2D eigenvalue weighted by Crippen LogP contribution is 2.28. The Labute approximate surface area is 114 Å². The van der Waals surface area contributed by atoms with Gasteiger partial charge in [0.1, 0.15) is 6.04 Å². The molecule has 0 saturated carbocycles. The number of benzene rings is 1. The van der Waals surface area contributed by atoms with Crippen LogP contribution in [-0.4, -0.2) is 20.9 Å². The molecular formula is C14H13N3O3. The number of nitrogens with one attached hydrogen (secondary N) is 1. The molecule has 0 spiro atoms. The van der Waals surface area contributed by atoms with E-state index in [0.29, 0.717) is 13.0 Å². The number of amides is 2. The van der Waals surface area contributed by atoms with Gasteiger partial charge in [0.2, 0.25) is 11.8 Å². The van der Waals surface area contributed by atoms with Gasteiger partial charge in [0.25, 0.3) is 0 Å². The summed E-state index contributed by atoms with van der Waals surface area (Å²) in [6.45, 7) is 0.662. The van der Waals surface area contributed by atoms with Crippen LogP contribution in [0.15, 0.2) is 23.0 Å². The summed E-state index contributed by atoms with van der Waals surface area (Å²) in [5.41, 5.74) is 2.71. The van der Waals surface area contributed by atoms with Gasteiger partial charge >= 0.3 is 5.69 Å². The van der Waals surface area contributed by atoms with Crippen LogP contribution in [-0.2, 0) is 22.6 Å². The zero-order valence-corrected chi connectivity index (χ0v) is 10.8. The molecule has 6 nitrogen and oxygen atoms in total. The van der Waals surface area contributed by atoms with Crippen LogP contribution in [0.5, 0.6) is 0 Å². The van der Waals surface area contributed by atoms with Crippen molar-refractivity contribution < 1.29 is 9.59 Å². The van der Waals surface area contributed by atoms with Crippen LogP contribution < -0.4 is 11.0 Å². The Morgan fingerprint density at radius 2 is 2.00 bits per heavy atom. The fourth-order valence-electron chi connectivity index (χ4n) is 3.28. The topological polar surface area (TPSA) is 73.1 Å². The lowest BCUT2D eigenvalue weighted by Crippen LogP contribution is -2.44. The second kappa shape index (κ2) is 3.82. The van der Waals surface area contributed by atoms with Gasteiger partial charge < -0.3 is 0 Å². The molecule has 20 heavy (non-hydrogen) atoms. The summed E-state index contributed by atoms with van der Waals surface area (Å²) >= 11 is 0. The number of nitrogens with zero attached hydrogens (tertiary/aromatic N) is 2. The number of piperidine rings is 1. The third kappa shape index (κ3) is 1.36. The number of carbonyl (C=O) groups excluding carboxylic acids is 2. The van der Waals surface area contributed by atoms with Crippen molar-refractivity contribution in [2.24, 2.45) is 0 Å². The highest BCUT2D eigenvalue weighted by molar-refractivity contribution is 6.00. The van der Waals surface area contributed by atoms with E-state index >= 15 is 0 Å². The summed E-state index contributed by atoms with van der Waals surface area (Å²) in [6.07, 6.45) is 1.52. The molecule has 2 aliphatic rings. The van der Waals surface area contributed by atoms with Crippen molar-refractivity contribution in [3.8, 4) is 0 Å². The third-order valence-electron chi connectivity index (χ3n) is 4.19. The molecule has 2 aliphatic heterocycles. The van der Waals surface area contributed by atoms with Gasteiger partial charge in [-0.05, 0) is 24.5 Å². The maximum atomic E-state index is 12.5. The van der Waals surface area contributed by atoms with Gasteiger partial charge in [-0.1, -0.05) is 12.1 Å². The van der Waals surface area contributed by atoms with E-state index in [1.54, 1.807) is 9.13 Å². The summed E-state index contributed by atoms with van der Waals surface area (Å²) in [5, 5.41) is 2.31. The molecule has 3 heterocycles. The minimum atomic E-state index is -0.586.